The van der Waals surface area contributed by atoms with Crippen LogP contribution in [-0.2, 0) is 0 Å². The van der Waals surface area contributed by atoms with Gasteiger partial charge in [0.15, 0.2) is 0 Å². The molecule has 2 saturated heterocycles. The van der Waals surface area contributed by atoms with Crippen LogP contribution < -0.4 is 15.1 Å². The molecule has 0 saturated carbocycles. The molecule has 0 amide bonds. The van der Waals surface area contributed by atoms with Gasteiger partial charge in [0.2, 0.25) is 0 Å². The van der Waals surface area contributed by atoms with Gasteiger partial charge in [0.25, 0.3) is 0 Å². The van der Waals surface area contributed by atoms with Gasteiger partial charge in [-0.2, -0.15) is 0 Å². The van der Waals surface area contributed by atoms with Crippen LogP contribution in [0.3, 0.4) is 0 Å². The Kier molecular flexibility index (Phi) is 4.70. The number of piperazine rings is 1. The Morgan fingerprint density at radius 1 is 0.840 bits per heavy atom. The summed E-state index contributed by atoms with van der Waals surface area (Å²) in [6.07, 6.45) is 4.15. The van der Waals surface area contributed by atoms with Gasteiger partial charge in [-0.15, -0.1) is 0 Å². The Morgan fingerprint density at radius 2 is 1.56 bits per heavy atom. The number of anilines is 4. The van der Waals surface area contributed by atoms with E-state index in [4.69, 9.17) is 0 Å². The molecule has 2 fully saturated rings. The predicted molar refractivity (Wildman–Crippen MR) is 103 cm³/mol. The van der Waals surface area contributed by atoms with Gasteiger partial charge in [-0.25, -0.2) is 9.97 Å². The zero-order valence-corrected chi connectivity index (χ0v) is 14.9. The molecule has 6 nitrogen and oxygen atoms in total. The number of likely N-dealkylation sites (N-methyl/N-ethyl adjacent to an activating group) is 1. The van der Waals surface area contributed by atoms with Crippen molar-refractivity contribution in [1.29, 1.82) is 0 Å². The second-order valence-electron chi connectivity index (χ2n) is 6.92. The highest BCUT2D eigenvalue weighted by molar-refractivity contribution is 5.62. The Hall–Kier alpha value is -2.34. The van der Waals surface area contributed by atoms with Gasteiger partial charge in [0, 0.05) is 56.7 Å². The van der Waals surface area contributed by atoms with Gasteiger partial charge >= 0.3 is 0 Å². The maximum atomic E-state index is 4.41. The van der Waals surface area contributed by atoms with E-state index in [1.165, 1.54) is 18.5 Å². The van der Waals surface area contributed by atoms with Gasteiger partial charge in [0.1, 0.15) is 18.0 Å². The molecule has 3 heterocycles. The van der Waals surface area contributed by atoms with Crippen LogP contribution in [0.2, 0.25) is 0 Å². The minimum Gasteiger partial charge on any atom is -0.369 e. The molecule has 0 aliphatic carbocycles. The molecule has 2 aliphatic rings. The highest BCUT2D eigenvalue weighted by Crippen LogP contribution is 2.24. The zero-order chi connectivity index (χ0) is 17.1. The fourth-order valence-electron chi connectivity index (χ4n) is 3.50. The van der Waals surface area contributed by atoms with E-state index in [1.807, 2.05) is 6.07 Å². The lowest BCUT2D eigenvalue weighted by Gasteiger charge is -2.34. The van der Waals surface area contributed by atoms with E-state index in [-0.39, 0.29) is 0 Å². The molecular formula is C19H26N6. The summed E-state index contributed by atoms with van der Waals surface area (Å²) in [7, 11) is 2.18. The molecule has 1 aromatic carbocycles. The summed E-state index contributed by atoms with van der Waals surface area (Å²) in [5.74, 6) is 1.87. The van der Waals surface area contributed by atoms with Crippen molar-refractivity contribution in [2.45, 2.75) is 12.8 Å². The van der Waals surface area contributed by atoms with E-state index in [0.717, 1.165) is 56.6 Å². The Labute approximate surface area is 149 Å². The lowest BCUT2D eigenvalue weighted by molar-refractivity contribution is 0.313. The minimum atomic E-state index is 0.851. The summed E-state index contributed by atoms with van der Waals surface area (Å²) < 4.78 is 0. The number of rotatable bonds is 4. The summed E-state index contributed by atoms with van der Waals surface area (Å²) in [6, 6.07) is 10.7. The van der Waals surface area contributed by atoms with Crippen molar-refractivity contribution in [3.8, 4) is 0 Å². The second-order valence-corrected chi connectivity index (χ2v) is 6.92. The first-order chi connectivity index (χ1) is 12.3. The topological polar surface area (TPSA) is 47.5 Å². The van der Waals surface area contributed by atoms with Crippen LogP contribution in [0.4, 0.5) is 23.0 Å². The van der Waals surface area contributed by atoms with E-state index >= 15 is 0 Å². The summed E-state index contributed by atoms with van der Waals surface area (Å²) in [4.78, 5) is 15.9. The van der Waals surface area contributed by atoms with Crippen LogP contribution in [-0.4, -0.2) is 61.2 Å². The van der Waals surface area contributed by atoms with Crippen LogP contribution in [0, 0.1) is 0 Å². The second kappa shape index (κ2) is 7.27. The fraction of sp³-hybridized carbons (Fsp3) is 0.474. The van der Waals surface area contributed by atoms with Crippen molar-refractivity contribution in [2.24, 2.45) is 0 Å². The molecule has 132 valence electrons. The van der Waals surface area contributed by atoms with E-state index < -0.39 is 0 Å². The van der Waals surface area contributed by atoms with Crippen molar-refractivity contribution in [2.75, 3.05) is 61.4 Å². The van der Waals surface area contributed by atoms with E-state index in [9.17, 15) is 0 Å². The van der Waals surface area contributed by atoms with Gasteiger partial charge in [-0.3, -0.25) is 0 Å². The first kappa shape index (κ1) is 16.1. The van der Waals surface area contributed by atoms with Gasteiger partial charge in [0.05, 0.1) is 0 Å². The van der Waals surface area contributed by atoms with Crippen molar-refractivity contribution >= 4 is 23.0 Å². The number of benzene rings is 1. The molecule has 0 radical (unpaired) electrons. The molecule has 1 aromatic heterocycles. The van der Waals surface area contributed by atoms with Crippen LogP contribution in [0.1, 0.15) is 12.8 Å². The Morgan fingerprint density at radius 3 is 2.28 bits per heavy atom. The molecule has 2 aromatic rings. The first-order valence-electron chi connectivity index (χ1n) is 9.15. The number of hydrogen-bond acceptors (Lipinski definition) is 6. The predicted octanol–water partition coefficient (Wildman–Crippen LogP) is 2.57. The number of hydrogen-bond donors (Lipinski definition) is 1. The summed E-state index contributed by atoms with van der Waals surface area (Å²) in [5.41, 5.74) is 2.35. The van der Waals surface area contributed by atoms with Crippen molar-refractivity contribution in [1.82, 2.24) is 14.9 Å². The summed E-state index contributed by atoms with van der Waals surface area (Å²) >= 11 is 0. The molecule has 2 aliphatic heterocycles. The maximum absolute atomic E-state index is 4.41. The Balaban J connectivity index is 1.42. The zero-order valence-electron chi connectivity index (χ0n) is 14.9. The standard InChI is InChI=1S/C19H26N6/c1-23-10-12-24(13-11-23)17-6-4-16(5-7-17)22-18-14-19(21-15-20-18)25-8-2-3-9-25/h4-7,14-15H,2-3,8-13H2,1H3,(H,20,21,22). The van der Waals surface area contributed by atoms with Crippen LogP contribution >= 0.6 is 0 Å². The molecule has 0 atom stereocenters. The molecule has 0 unspecified atom stereocenters. The SMILES string of the molecule is CN1CCN(c2ccc(Nc3cc(N4CCCC4)ncn3)cc2)CC1. The third-order valence-electron chi connectivity index (χ3n) is 5.09. The number of aromatic nitrogens is 2. The van der Waals surface area contributed by atoms with E-state index in [2.05, 4.69) is 61.3 Å². The van der Waals surface area contributed by atoms with E-state index in [1.54, 1.807) is 6.33 Å². The lowest BCUT2D eigenvalue weighted by Crippen LogP contribution is -2.44. The average molecular weight is 338 g/mol. The molecule has 4 rings (SSSR count). The molecule has 0 bridgehead atoms. The average Bonchev–Trinajstić information content (AvgIpc) is 3.18. The highest BCUT2D eigenvalue weighted by Gasteiger charge is 2.15. The monoisotopic (exact) mass is 338 g/mol. The number of nitrogens with one attached hydrogen (secondary N) is 1. The third kappa shape index (κ3) is 3.85. The fourth-order valence-corrected chi connectivity index (χ4v) is 3.50. The summed E-state index contributed by atoms with van der Waals surface area (Å²) in [5, 5.41) is 3.40. The van der Waals surface area contributed by atoms with Gasteiger partial charge < -0.3 is 20.0 Å². The molecular weight excluding hydrogens is 312 g/mol. The van der Waals surface area contributed by atoms with Crippen LogP contribution in [0.5, 0.6) is 0 Å². The van der Waals surface area contributed by atoms with Crippen molar-refractivity contribution < 1.29 is 0 Å². The molecule has 6 heteroatoms. The normalized spacial score (nSPS) is 18.6. The van der Waals surface area contributed by atoms with Gasteiger partial charge in [-0.1, -0.05) is 0 Å². The van der Waals surface area contributed by atoms with Gasteiger partial charge in [-0.05, 0) is 44.2 Å². The first-order valence-corrected chi connectivity index (χ1v) is 9.15. The molecule has 25 heavy (non-hydrogen) atoms. The lowest BCUT2D eigenvalue weighted by atomic mass is 10.2. The highest BCUT2D eigenvalue weighted by atomic mass is 15.2. The maximum Gasteiger partial charge on any atom is 0.135 e. The van der Waals surface area contributed by atoms with Crippen LogP contribution in [0.15, 0.2) is 36.7 Å². The smallest absolute Gasteiger partial charge is 0.135 e. The Bertz CT molecular complexity index is 687. The largest absolute Gasteiger partial charge is 0.369 e. The minimum absolute atomic E-state index is 0.851. The van der Waals surface area contributed by atoms with Crippen molar-refractivity contribution in [3.63, 3.8) is 0 Å². The molecule has 0 spiro atoms. The number of nitrogens with zero attached hydrogens (tertiary/aromatic N) is 5. The molecule has 1 N–H and O–H groups in total. The van der Waals surface area contributed by atoms with E-state index in [0.29, 0.717) is 0 Å². The quantitative estimate of drug-likeness (QED) is 0.925. The van der Waals surface area contributed by atoms with Crippen LogP contribution in [0.25, 0.3) is 0 Å². The summed E-state index contributed by atoms with van der Waals surface area (Å²) in [6.45, 7) is 6.62. The third-order valence-corrected chi connectivity index (χ3v) is 5.09. The van der Waals surface area contributed by atoms with Crippen molar-refractivity contribution in [3.05, 3.63) is 36.7 Å².